The number of hydrogen-bond acceptors (Lipinski definition) is 4. The van der Waals surface area contributed by atoms with Crippen LogP contribution in [0.3, 0.4) is 0 Å². The summed E-state index contributed by atoms with van der Waals surface area (Å²) in [6.45, 7) is 3.31. The molecule has 2 aromatic rings. The summed E-state index contributed by atoms with van der Waals surface area (Å²) in [5, 5.41) is 0. The van der Waals surface area contributed by atoms with Crippen molar-refractivity contribution in [3.05, 3.63) is 24.2 Å². The minimum Gasteiger partial charge on any atom is -0.379 e. The minimum atomic E-state index is -0.227. The molecular weight excluding hydrogens is 216 g/mol. The number of fused-ring (bicyclic) bond motifs is 1. The third-order valence-corrected chi connectivity index (χ3v) is 3.66. The van der Waals surface area contributed by atoms with E-state index in [9.17, 15) is 0 Å². The Morgan fingerprint density at radius 2 is 2.41 bits per heavy atom. The standard InChI is InChI=1S/C12H16N4O/c1-12(7-17-6-9(12)13)11-15-8-4-3-5-14-10(8)16(11)2/h3-5,9H,6-7,13H2,1-2H3. The number of hydrogen-bond donors (Lipinski definition) is 1. The first kappa shape index (κ1) is 10.7. The molecule has 2 atom stereocenters. The van der Waals surface area contributed by atoms with Crippen LogP contribution in [0.4, 0.5) is 0 Å². The lowest BCUT2D eigenvalue weighted by Crippen LogP contribution is -2.43. The number of aryl methyl sites for hydroxylation is 1. The summed E-state index contributed by atoms with van der Waals surface area (Å²) in [4.78, 5) is 9.00. The maximum absolute atomic E-state index is 6.14. The highest BCUT2D eigenvalue weighted by atomic mass is 16.5. The molecule has 0 radical (unpaired) electrons. The van der Waals surface area contributed by atoms with Crippen molar-refractivity contribution in [2.75, 3.05) is 13.2 Å². The monoisotopic (exact) mass is 232 g/mol. The predicted octanol–water partition coefficient (Wildman–Crippen LogP) is 0.583. The van der Waals surface area contributed by atoms with Crippen LogP contribution >= 0.6 is 0 Å². The van der Waals surface area contributed by atoms with Gasteiger partial charge in [-0.3, -0.25) is 0 Å². The Morgan fingerprint density at radius 1 is 1.59 bits per heavy atom. The normalized spacial score (nSPS) is 29.0. The topological polar surface area (TPSA) is 66.0 Å². The first-order chi connectivity index (χ1) is 8.13. The van der Waals surface area contributed by atoms with Crippen molar-refractivity contribution in [3.63, 3.8) is 0 Å². The van der Waals surface area contributed by atoms with Crippen molar-refractivity contribution >= 4 is 11.2 Å². The van der Waals surface area contributed by atoms with Gasteiger partial charge in [0.15, 0.2) is 5.65 Å². The van der Waals surface area contributed by atoms with Gasteiger partial charge in [0.1, 0.15) is 11.3 Å². The average Bonchev–Trinajstić information content (AvgIpc) is 2.83. The van der Waals surface area contributed by atoms with Gasteiger partial charge in [-0.05, 0) is 19.1 Å². The molecule has 0 aliphatic carbocycles. The first-order valence-electron chi connectivity index (χ1n) is 5.74. The predicted molar refractivity (Wildman–Crippen MR) is 64.7 cm³/mol. The fourth-order valence-electron chi connectivity index (χ4n) is 2.45. The van der Waals surface area contributed by atoms with E-state index in [1.54, 1.807) is 6.20 Å². The van der Waals surface area contributed by atoms with Crippen molar-refractivity contribution in [1.29, 1.82) is 0 Å². The maximum Gasteiger partial charge on any atom is 0.159 e. The first-order valence-corrected chi connectivity index (χ1v) is 5.74. The molecule has 2 N–H and O–H groups in total. The Kier molecular flexibility index (Phi) is 2.21. The quantitative estimate of drug-likeness (QED) is 0.781. The molecule has 0 spiro atoms. The van der Waals surface area contributed by atoms with Crippen molar-refractivity contribution in [3.8, 4) is 0 Å². The minimum absolute atomic E-state index is 0.0157. The fourth-order valence-corrected chi connectivity index (χ4v) is 2.45. The van der Waals surface area contributed by atoms with Crippen LogP contribution in [0, 0.1) is 0 Å². The molecule has 0 aromatic carbocycles. The third kappa shape index (κ3) is 1.39. The number of ether oxygens (including phenoxy) is 1. The number of aromatic nitrogens is 3. The van der Waals surface area contributed by atoms with Crippen molar-refractivity contribution < 1.29 is 4.74 Å². The lowest BCUT2D eigenvalue weighted by molar-refractivity contribution is 0.177. The Labute approximate surface area is 99.6 Å². The van der Waals surface area contributed by atoms with E-state index >= 15 is 0 Å². The van der Waals surface area contributed by atoms with Crippen LogP contribution in [0.2, 0.25) is 0 Å². The Hall–Kier alpha value is -1.46. The van der Waals surface area contributed by atoms with Gasteiger partial charge in [-0.15, -0.1) is 0 Å². The number of rotatable bonds is 1. The molecule has 2 unspecified atom stereocenters. The largest absolute Gasteiger partial charge is 0.379 e. The van der Waals surface area contributed by atoms with Crippen LogP contribution in [0.1, 0.15) is 12.7 Å². The summed E-state index contributed by atoms with van der Waals surface area (Å²) in [5.74, 6) is 0.955. The van der Waals surface area contributed by atoms with Crippen LogP contribution in [0.15, 0.2) is 18.3 Å². The zero-order valence-electron chi connectivity index (χ0n) is 10.1. The van der Waals surface area contributed by atoms with E-state index in [0.29, 0.717) is 13.2 Å². The van der Waals surface area contributed by atoms with Gasteiger partial charge in [0, 0.05) is 19.3 Å². The molecule has 1 saturated heterocycles. The molecule has 0 saturated carbocycles. The van der Waals surface area contributed by atoms with Gasteiger partial charge in [0.2, 0.25) is 0 Å². The molecule has 1 aliphatic heterocycles. The summed E-state index contributed by atoms with van der Waals surface area (Å²) in [6.07, 6.45) is 1.78. The number of nitrogens with two attached hydrogens (primary N) is 1. The van der Waals surface area contributed by atoms with Crippen molar-refractivity contribution in [2.45, 2.75) is 18.4 Å². The summed E-state index contributed by atoms with van der Waals surface area (Å²) in [7, 11) is 1.98. The second-order valence-corrected chi connectivity index (χ2v) is 4.88. The molecule has 0 amide bonds. The molecule has 90 valence electrons. The molecule has 3 heterocycles. The lowest BCUT2D eigenvalue weighted by atomic mass is 9.85. The fraction of sp³-hybridized carbons (Fsp3) is 0.500. The van der Waals surface area contributed by atoms with Crippen LogP contribution in [-0.2, 0) is 17.2 Å². The average molecular weight is 232 g/mol. The molecule has 5 heteroatoms. The number of imidazole rings is 1. The Balaban J connectivity index is 2.21. The Bertz CT molecular complexity index is 565. The van der Waals surface area contributed by atoms with Gasteiger partial charge in [-0.2, -0.15) is 0 Å². The van der Waals surface area contributed by atoms with Gasteiger partial charge < -0.3 is 15.0 Å². The van der Waals surface area contributed by atoms with Gasteiger partial charge >= 0.3 is 0 Å². The van der Waals surface area contributed by atoms with Gasteiger partial charge in [-0.1, -0.05) is 0 Å². The van der Waals surface area contributed by atoms with Crippen LogP contribution in [0.5, 0.6) is 0 Å². The second kappa shape index (κ2) is 3.51. The third-order valence-electron chi connectivity index (χ3n) is 3.66. The van der Waals surface area contributed by atoms with Crippen molar-refractivity contribution in [2.24, 2.45) is 12.8 Å². The summed E-state index contributed by atoms with van der Waals surface area (Å²) < 4.78 is 7.50. The number of pyridine rings is 1. The molecule has 3 rings (SSSR count). The SMILES string of the molecule is Cn1c(C2(C)COCC2N)nc2cccnc21. The zero-order chi connectivity index (χ0) is 12.0. The summed E-state index contributed by atoms with van der Waals surface area (Å²) in [6, 6.07) is 3.85. The van der Waals surface area contributed by atoms with Crippen LogP contribution in [-0.4, -0.2) is 33.8 Å². The zero-order valence-corrected chi connectivity index (χ0v) is 10.1. The highest BCUT2D eigenvalue weighted by Crippen LogP contribution is 2.32. The summed E-state index contributed by atoms with van der Waals surface area (Å²) in [5.41, 5.74) is 7.71. The van der Waals surface area contributed by atoms with E-state index in [4.69, 9.17) is 10.5 Å². The van der Waals surface area contributed by atoms with E-state index in [1.165, 1.54) is 0 Å². The molecule has 5 nitrogen and oxygen atoms in total. The second-order valence-electron chi connectivity index (χ2n) is 4.88. The lowest BCUT2D eigenvalue weighted by Gasteiger charge is -2.25. The molecule has 0 bridgehead atoms. The number of nitrogens with zero attached hydrogens (tertiary/aromatic N) is 3. The van der Waals surface area contributed by atoms with Crippen LogP contribution in [0.25, 0.3) is 11.2 Å². The maximum atomic E-state index is 6.14. The van der Waals surface area contributed by atoms with Gasteiger partial charge in [0.05, 0.1) is 18.6 Å². The molecule has 1 aliphatic rings. The molecule has 17 heavy (non-hydrogen) atoms. The van der Waals surface area contributed by atoms with Gasteiger partial charge in [-0.25, -0.2) is 9.97 Å². The van der Waals surface area contributed by atoms with E-state index in [-0.39, 0.29) is 11.5 Å². The highest BCUT2D eigenvalue weighted by molar-refractivity contribution is 5.71. The Morgan fingerprint density at radius 3 is 3.06 bits per heavy atom. The van der Waals surface area contributed by atoms with E-state index < -0.39 is 0 Å². The molecular formula is C12H16N4O. The molecule has 1 fully saturated rings. The summed E-state index contributed by atoms with van der Waals surface area (Å²) >= 11 is 0. The molecule has 2 aromatic heterocycles. The van der Waals surface area contributed by atoms with Gasteiger partial charge in [0.25, 0.3) is 0 Å². The van der Waals surface area contributed by atoms with E-state index in [1.807, 2.05) is 23.7 Å². The van der Waals surface area contributed by atoms with E-state index in [2.05, 4.69) is 16.9 Å². The van der Waals surface area contributed by atoms with Crippen LogP contribution < -0.4 is 5.73 Å². The van der Waals surface area contributed by atoms with Crippen molar-refractivity contribution in [1.82, 2.24) is 14.5 Å². The highest BCUT2D eigenvalue weighted by Gasteiger charge is 2.42. The smallest absolute Gasteiger partial charge is 0.159 e. The van der Waals surface area contributed by atoms with E-state index in [0.717, 1.165) is 17.0 Å².